The lowest BCUT2D eigenvalue weighted by atomic mass is 10.1. The molecule has 0 fully saturated rings. The first-order valence-electron chi connectivity index (χ1n) is 7.85. The maximum absolute atomic E-state index is 12.2. The summed E-state index contributed by atoms with van der Waals surface area (Å²) in [6.45, 7) is 0.425. The van der Waals surface area contributed by atoms with Crippen LogP contribution in [-0.2, 0) is 6.61 Å². The number of hydrogen-bond donors (Lipinski definition) is 1. The number of pyridine rings is 1. The van der Waals surface area contributed by atoms with Crippen molar-refractivity contribution in [3.8, 4) is 11.6 Å². The fourth-order valence-electron chi connectivity index (χ4n) is 2.23. The van der Waals surface area contributed by atoms with Gasteiger partial charge in [-0.2, -0.15) is 0 Å². The lowest BCUT2D eigenvalue weighted by Crippen LogP contribution is -1.99. The molecule has 0 atom stereocenters. The topological polar surface area (TPSA) is 59.4 Å². The molecule has 0 aliphatic rings. The fraction of sp³-hybridized carbons (Fsp3) is 0.0476. The summed E-state index contributed by atoms with van der Waals surface area (Å²) in [5, 5.41) is 9.69. The van der Waals surface area contributed by atoms with Crippen LogP contribution in [0.4, 0.5) is 0 Å². The number of nitrogens with zero attached hydrogens (tertiary/aromatic N) is 1. The number of phenols is 1. The minimum Gasteiger partial charge on any atom is -0.507 e. The van der Waals surface area contributed by atoms with Crippen molar-refractivity contribution >= 4 is 11.9 Å². The number of carbonyl (C=O) groups excluding carboxylic acids is 1. The van der Waals surface area contributed by atoms with Crippen molar-refractivity contribution in [3.63, 3.8) is 0 Å². The molecule has 0 aliphatic carbocycles. The van der Waals surface area contributed by atoms with Gasteiger partial charge in [0.25, 0.3) is 0 Å². The molecule has 0 unspecified atom stereocenters. The molecule has 3 rings (SSSR count). The summed E-state index contributed by atoms with van der Waals surface area (Å²) in [5.41, 5.74) is 2.10. The molecule has 1 aromatic heterocycles. The van der Waals surface area contributed by atoms with E-state index in [2.05, 4.69) is 4.98 Å². The summed E-state index contributed by atoms with van der Waals surface area (Å²) in [5.74, 6) is 0.407. The van der Waals surface area contributed by atoms with Gasteiger partial charge in [0, 0.05) is 23.4 Å². The largest absolute Gasteiger partial charge is 0.507 e. The lowest BCUT2D eigenvalue weighted by molar-refractivity contribution is 0.104. The second-order valence-corrected chi connectivity index (χ2v) is 5.42. The Morgan fingerprint density at radius 3 is 2.48 bits per heavy atom. The van der Waals surface area contributed by atoms with Gasteiger partial charge in [-0.25, -0.2) is 4.98 Å². The molecule has 0 spiro atoms. The van der Waals surface area contributed by atoms with Crippen LogP contribution in [0.3, 0.4) is 0 Å². The second kappa shape index (κ2) is 7.93. The van der Waals surface area contributed by atoms with E-state index >= 15 is 0 Å². The van der Waals surface area contributed by atoms with Crippen LogP contribution in [0.15, 0.2) is 79.0 Å². The zero-order chi connectivity index (χ0) is 17.5. The number of rotatable bonds is 6. The van der Waals surface area contributed by atoms with Crippen molar-refractivity contribution in [1.29, 1.82) is 0 Å². The van der Waals surface area contributed by atoms with Gasteiger partial charge in [-0.05, 0) is 29.8 Å². The standard InChI is InChI=1S/C21H17NO3/c23-19-9-5-4-8-17(19)10-12-20(24)18-11-13-21(22-14-18)25-15-16-6-2-1-3-7-16/h1-14,23H,15H2. The highest BCUT2D eigenvalue weighted by Crippen LogP contribution is 2.17. The molecule has 124 valence electrons. The normalized spacial score (nSPS) is 10.7. The van der Waals surface area contributed by atoms with Gasteiger partial charge < -0.3 is 9.84 Å². The number of phenolic OH excluding ortho intramolecular Hbond substituents is 1. The Kier molecular flexibility index (Phi) is 5.22. The van der Waals surface area contributed by atoms with Crippen LogP contribution >= 0.6 is 0 Å². The average Bonchev–Trinajstić information content (AvgIpc) is 2.67. The minimum absolute atomic E-state index is 0.134. The molecular weight excluding hydrogens is 314 g/mol. The van der Waals surface area contributed by atoms with E-state index in [1.165, 1.54) is 12.3 Å². The van der Waals surface area contributed by atoms with E-state index in [9.17, 15) is 9.90 Å². The molecule has 0 aliphatic heterocycles. The predicted octanol–water partition coefficient (Wildman–Crippen LogP) is 4.26. The highest BCUT2D eigenvalue weighted by atomic mass is 16.5. The highest BCUT2D eigenvalue weighted by Gasteiger charge is 2.04. The van der Waals surface area contributed by atoms with Gasteiger partial charge in [0.15, 0.2) is 5.78 Å². The van der Waals surface area contributed by atoms with Crippen molar-refractivity contribution in [2.45, 2.75) is 6.61 Å². The predicted molar refractivity (Wildman–Crippen MR) is 96.5 cm³/mol. The minimum atomic E-state index is -0.189. The molecular formula is C21H17NO3. The second-order valence-electron chi connectivity index (χ2n) is 5.42. The van der Waals surface area contributed by atoms with Crippen LogP contribution in [0, 0.1) is 0 Å². The van der Waals surface area contributed by atoms with Crippen molar-refractivity contribution in [2.75, 3.05) is 0 Å². The maximum atomic E-state index is 12.2. The number of hydrogen-bond acceptors (Lipinski definition) is 4. The van der Waals surface area contributed by atoms with E-state index in [-0.39, 0.29) is 11.5 Å². The Labute approximate surface area is 146 Å². The van der Waals surface area contributed by atoms with E-state index in [0.717, 1.165) is 5.56 Å². The summed E-state index contributed by atoms with van der Waals surface area (Å²) in [4.78, 5) is 16.3. The number of aromatic hydroxyl groups is 1. The first-order valence-corrected chi connectivity index (χ1v) is 7.85. The lowest BCUT2D eigenvalue weighted by Gasteiger charge is -2.05. The van der Waals surface area contributed by atoms with Gasteiger partial charge in [-0.15, -0.1) is 0 Å². The zero-order valence-electron chi connectivity index (χ0n) is 13.5. The molecule has 3 aromatic rings. The van der Waals surface area contributed by atoms with Gasteiger partial charge >= 0.3 is 0 Å². The van der Waals surface area contributed by atoms with Gasteiger partial charge in [0.2, 0.25) is 5.88 Å². The third-order valence-corrected chi connectivity index (χ3v) is 3.60. The van der Waals surface area contributed by atoms with Crippen LogP contribution in [0.1, 0.15) is 21.5 Å². The molecule has 1 heterocycles. The van der Waals surface area contributed by atoms with Crippen molar-refractivity contribution in [2.24, 2.45) is 0 Å². The summed E-state index contributed by atoms with van der Waals surface area (Å²) in [6, 6.07) is 20.0. The smallest absolute Gasteiger partial charge is 0.213 e. The zero-order valence-corrected chi connectivity index (χ0v) is 13.5. The number of allylic oxidation sites excluding steroid dienone is 1. The molecule has 1 N–H and O–H groups in total. The van der Waals surface area contributed by atoms with Crippen LogP contribution in [0.5, 0.6) is 11.6 Å². The van der Waals surface area contributed by atoms with Gasteiger partial charge in [0.05, 0.1) is 0 Å². The summed E-state index contributed by atoms with van der Waals surface area (Å²) in [7, 11) is 0. The van der Waals surface area contributed by atoms with Crippen molar-refractivity contribution < 1.29 is 14.6 Å². The van der Waals surface area contributed by atoms with Crippen LogP contribution < -0.4 is 4.74 Å². The Balaban J connectivity index is 1.61. The summed E-state index contributed by atoms with van der Waals surface area (Å²) < 4.78 is 5.60. The first kappa shape index (κ1) is 16.5. The number of ether oxygens (including phenoxy) is 1. The highest BCUT2D eigenvalue weighted by molar-refractivity contribution is 6.06. The number of ketones is 1. The van der Waals surface area contributed by atoms with Gasteiger partial charge in [-0.3, -0.25) is 4.79 Å². The Morgan fingerprint density at radius 1 is 1.00 bits per heavy atom. The molecule has 0 radical (unpaired) electrons. The number of benzene rings is 2. The third kappa shape index (κ3) is 4.54. The van der Waals surface area contributed by atoms with E-state index in [1.54, 1.807) is 42.5 Å². The maximum Gasteiger partial charge on any atom is 0.213 e. The van der Waals surface area contributed by atoms with Crippen LogP contribution in [-0.4, -0.2) is 15.9 Å². The third-order valence-electron chi connectivity index (χ3n) is 3.60. The quantitative estimate of drug-likeness (QED) is 0.541. The summed E-state index contributed by atoms with van der Waals surface area (Å²) in [6.07, 6.45) is 4.48. The van der Waals surface area contributed by atoms with Crippen molar-refractivity contribution in [3.05, 3.63) is 95.7 Å². The van der Waals surface area contributed by atoms with Crippen LogP contribution in [0.25, 0.3) is 6.08 Å². The molecule has 4 heteroatoms. The van der Waals surface area contributed by atoms with E-state index in [0.29, 0.717) is 23.6 Å². The molecule has 0 saturated heterocycles. The monoisotopic (exact) mass is 331 g/mol. The number of para-hydroxylation sites is 1. The van der Waals surface area contributed by atoms with E-state index in [4.69, 9.17) is 4.74 Å². The number of aromatic nitrogens is 1. The molecule has 0 amide bonds. The van der Waals surface area contributed by atoms with Gasteiger partial charge in [-0.1, -0.05) is 48.5 Å². The van der Waals surface area contributed by atoms with E-state index in [1.807, 2.05) is 30.3 Å². The fourth-order valence-corrected chi connectivity index (χ4v) is 2.23. The molecule has 2 aromatic carbocycles. The Hall–Kier alpha value is -3.40. The molecule has 25 heavy (non-hydrogen) atoms. The van der Waals surface area contributed by atoms with Crippen LogP contribution in [0.2, 0.25) is 0 Å². The Bertz CT molecular complexity index is 871. The van der Waals surface area contributed by atoms with E-state index < -0.39 is 0 Å². The molecule has 4 nitrogen and oxygen atoms in total. The first-order chi connectivity index (χ1) is 12.2. The average molecular weight is 331 g/mol. The molecule has 0 saturated carbocycles. The number of carbonyl (C=O) groups is 1. The summed E-state index contributed by atoms with van der Waals surface area (Å²) >= 11 is 0. The Morgan fingerprint density at radius 2 is 1.76 bits per heavy atom. The SMILES string of the molecule is O=C(C=Cc1ccccc1O)c1ccc(OCc2ccccc2)nc1. The van der Waals surface area contributed by atoms with Crippen molar-refractivity contribution in [1.82, 2.24) is 4.98 Å². The molecule has 0 bridgehead atoms. The van der Waals surface area contributed by atoms with Gasteiger partial charge in [0.1, 0.15) is 12.4 Å².